The summed E-state index contributed by atoms with van der Waals surface area (Å²) >= 11 is 0. The van der Waals surface area contributed by atoms with Crippen molar-refractivity contribution in [1.29, 1.82) is 0 Å². The summed E-state index contributed by atoms with van der Waals surface area (Å²) in [5.41, 5.74) is 0.829. The van der Waals surface area contributed by atoms with E-state index < -0.39 is 6.10 Å². The van der Waals surface area contributed by atoms with Gasteiger partial charge in [-0.3, -0.25) is 0 Å². The molecule has 1 aliphatic carbocycles. The van der Waals surface area contributed by atoms with Gasteiger partial charge in [0.05, 0.1) is 20.3 Å². The molecule has 0 radical (unpaired) electrons. The molecule has 0 aliphatic heterocycles. The standard InChI is InChI=1S/C17H27NO3/c1-4-9-18(11-13-5-6-13)12-16(19)15-8-7-14(20-2)10-17(15)21-3/h7-8,10,13,16,19H,4-6,9,11-12H2,1-3H3. The van der Waals surface area contributed by atoms with Crippen molar-refractivity contribution in [1.82, 2.24) is 4.90 Å². The predicted molar refractivity (Wildman–Crippen MR) is 84.0 cm³/mol. The molecule has 0 bridgehead atoms. The fraction of sp³-hybridized carbons (Fsp3) is 0.647. The van der Waals surface area contributed by atoms with E-state index in [-0.39, 0.29) is 0 Å². The van der Waals surface area contributed by atoms with Crippen molar-refractivity contribution in [2.24, 2.45) is 5.92 Å². The molecule has 1 fully saturated rings. The van der Waals surface area contributed by atoms with E-state index in [1.165, 1.54) is 12.8 Å². The number of aliphatic hydroxyl groups is 1. The van der Waals surface area contributed by atoms with Gasteiger partial charge in [-0.2, -0.15) is 0 Å². The lowest BCUT2D eigenvalue weighted by Crippen LogP contribution is -2.31. The first-order chi connectivity index (χ1) is 10.2. The maximum atomic E-state index is 10.6. The van der Waals surface area contributed by atoms with Gasteiger partial charge >= 0.3 is 0 Å². The monoisotopic (exact) mass is 293 g/mol. The van der Waals surface area contributed by atoms with Gasteiger partial charge in [-0.25, -0.2) is 0 Å². The molecule has 0 amide bonds. The lowest BCUT2D eigenvalue weighted by molar-refractivity contribution is 0.108. The molecule has 0 saturated heterocycles. The van der Waals surface area contributed by atoms with Crippen LogP contribution in [0.4, 0.5) is 0 Å². The van der Waals surface area contributed by atoms with Crippen LogP contribution in [0.2, 0.25) is 0 Å². The molecule has 1 aromatic rings. The minimum Gasteiger partial charge on any atom is -0.497 e. The number of hydrogen-bond donors (Lipinski definition) is 1. The number of aliphatic hydroxyl groups excluding tert-OH is 1. The first-order valence-corrected chi connectivity index (χ1v) is 7.80. The minimum absolute atomic E-state index is 0.531. The van der Waals surface area contributed by atoms with Crippen LogP contribution >= 0.6 is 0 Å². The van der Waals surface area contributed by atoms with E-state index in [1.54, 1.807) is 14.2 Å². The molecule has 2 rings (SSSR count). The summed E-state index contributed by atoms with van der Waals surface area (Å²) in [5, 5.41) is 10.6. The Morgan fingerprint density at radius 2 is 2.05 bits per heavy atom. The van der Waals surface area contributed by atoms with E-state index in [1.807, 2.05) is 18.2 Å². The van der Waals surface area contributed by atoms with E-state index in [0.29, 0.717) is 12.3 Å². The highest BCUT2D eigenvalue weighted by atomic mass is 16.5. The molecule has 0 spiro atoms. The van der Waals surface area contributed by atoms with Crippen LogP contribution < -0.4 is 9.47 Å². The number of benzene rings is 1. The number of rotatable bonds is 9. The SMILES string of the molecule is CCCN(CC1CC1)CC(O)c1ccc(OC)cc1OC. The maximum Gasteiger partial charge on any atom is 0.128 e. The van der Waals surface area contributed by atoms with Crippen molar-refractivity contribution < 1.29 is 14.6 Å². The average Bonchev–Trinajstić information content (AvgIpc) is 3.30. The summed E-state index contributed by atoms with van der Waals surface area (Å²) in [5.74, 6) is 2.26. The first-order valence-electron chi connectivity index (χ1n) is 7.80. The fourth-order valence-electron chi connectivity index (χ4n) is 2.68. The molecule has 1 atom stereocenters. The van der Waals surface area contributed by atoms with Gasteiger partial charge < -0.3 is 19.5 Å². The van der Waals surface area contributed by atoms with E-state index in [0.717, 1.165) is 36.7 Å². The third-order valence-electron chi connectivity index (χ3n) is 3.98. The van der Waals surface area contributed by atoms with Crippen LogP contribution in [0.15, 0.2) is 18.2 Å². The van der Waals surface area contributed by atoms with Crippen molar-refractivity contribution in [3.63, 3.8) is 0 Å². The summed E-state index contributed by atoms with van der Waals surface area (Å²) in [4.78, 5) is 2.37. The molecule has 118 valence electrons. The third-order valence-corrected chi connectivity index (χ3v) is 3.98. The second-order valence-corrected chi connectivity index (χ2v) is 5.83. The highest BCUT2D eigenvalue weighted by molar-refractivity contribution is 5.42. The van der Waals surface area contributed by atoms with Crippen molar-refractivity contribution >= 4 is 0 Å². The summed E-state index contributed by atoms with van der Waals surface area (Å²) < 4.78 is 10.6. The highest BCUT2D eigenvalue weighted by Gasteiger charge is 2.26. The van der Waals surface area contributed by atoms with Gasteiger partial charge in [0.25, 0.3) is 0 Å². The van der Waals surface area contributed by atoms with E-state index in [2.05, 4.69) is 11.8 Å². The Bertz CT molecular complexity index is 446. The van der Waals surface area contributed by atoms with Gasteiger partial charge in [-0.05, 0) is 43.9 Å². The van der Waals surface area contributed by atoms with Crippen LogP contribution in [0.25, 0.3) is 0 Å². The topological polar surface area (TPSA) is 41.9 Å². The van der Waals surface area contributed by atoms with Crippen LogP contribution in [0, 0.1) is 5.92 Å². The zero-order valence-electron chi connectivity index (χ0n) is 13.3. The molecule has 1 aliphatic rings. The Balaban J connectivity index is 2.04. The molecule has 4 nitrogen and oxygen atoms in total. The Labute approximate surface area is 127 Å². The molecule has 1 N–H and O–H groups in total. The van der Waals surface area contributed by atoms with Gasteiger partial charge in [0.15, 0.2) is 0 Å². The van der Waals surface area contributed by atoms with Gasteiger partial charge in [0.1, 0.15) is 11.5 Å². The average molecular weight is 293 g/mol. The van der Waals surface area contributed by atoms with Crippen molar-refractivity contribution in [2.75, 3.05) is 33.9 Å². The van der Waals surface area contributed by atoms with Crippen LogP contribution in [0.1, 0.15) is 37.9 Å². The highest BCUT2D eigenvalue weighted by Crippen LogP contribution is 2.32. The summed E-state index contributed by atoms with van der Waals surface area (Å²) in [6.07, 6.45) is 3.25. The zero-order chi connectivity index (χ0) is 15.2. The lowest BCUT2D eigenvalue weighted by Gasteiger charge is -2.25. The van der Waals surface area contributed by atoms with Crippen LogP contribution in [-0.2, 0) is 0 Å². The number of methoxy groups -OCH3 is 2. The normalized spacial score (nSPS) is 16.0. The number of nitrogens with zero attached hydrogens (tertiary/aromatic N) is 1. The quantitative estimate of drug-likeness (QED) is 0.760. The van der Waals surface area contributed by atoms with Gasteiger partial charge in [0, 0.05) is 24.7 Å². The van der Waals surface area contributed by atoms with Gasteiger partial charge in [-0.15, -0.1) is 0 Å². The van der Waals surface area contributed by atoms with E-state index >= 15 is 0 Å². The number of hydrogen-bond acceptors (Lipinski definition) is 4. The Hall–Kier alpha value is -1.26. The number of ether oxygens (including phenoxy) is 2. The summed E-state index contributed by atoms with van der Waals surface area (Å²) in [6, 6.07) is 5.58. The van der Waals surface area contributed by atoms with E-state index in [4.69, 9.17) is 9.47 Å². The Kier molecular flexibility index (Phi) is 5.88. The molecular formula is C17H27NO3. The zero-order valence-corrected chi connectivity index (χ0v) is 13.3. The Morgan fingerprint density at radius 3 is 2.62 bits per heavy atom. The molecule has 0 aromatic heterocycles. The van der Waals surface area contributed by atoms with Gasteiger partial charge in [-0.1, -0.05) is 6.92 Å². The van der Waals surface area contributed by atoms with Crippen molar-refractivity contribution in [2.45, 2.75) is 32.3 Å². The molecule has 4 heteroatoms. The minimum atomic E-state index is -0.531. The van der Waals surface area contributed by atoms with Crippen LogP contribution in [0.3, 0.4) is 0 Å². The second-order valence-electron chi connectivity index (χ2n) is 5.83. The van der Waals surface area contributed by atoms with E-state index in [9.17, 15) is 5.11 Å². The molecular weight excluding hydrogens is 266 g/mol. The summed E-state index contributed by atoms with van der Waals surface area (Å²) in [6.45, 7) is 4.97. The Morgan fingerprint density at radius 1 is 1.29 bits per heavy atom. The van der Waals surface area contributed by atoms with Crippen molar-refractivity contribution in [3.05, 3.63) is 23.8 Å². The van der Waals surface area contributed by atoms with Crippen LogP contribution in [0.5, 0.6) is 11.5 Å². The van der Waals surface area contributed by atoms with Gasteiger partial charge in [0.2, 0.25) is 0 Å². The first kappa shape index (κ1) is 16.1. The smallest absolute Gasteiger partial charge is 0.128 e. The van der Waals surface area contributed by atoms with Crippen molar-refractivity contribution in [3.8, 4) is 11.5 Å². The molecule has 21 heavy (non-hydrogen) atoms. The molecule has 1 saturated carbocycles. The fourth-order valence-corrected chi connectivity index (χ4v) is 2.68. The largest absolute Gasteiger partial charge is 0.497 e. The third kappa shape index (κ3) is 4.61. The maximum absolute atomic E-state index is 10.6. The molecule has 0 heterocycles. The predicted octanol–water partition coefficient (Wildman–Crippen LogP) is 2.86. The summed E-state index contributed by atoms with van der Waals surface area (Å²) in [7, 11) is 3.25. The molecule has 1 aromatic carbocycles. The molecule has 1 unspecified atom stereocenters. The van der Waals surface area contributed by atoms with Crippen LogP contribution in [-0.4, -0.2) is 43.9 Å². The lowest BCUT2D eigenvalue weighted by atomic mass is 10.1. The second kappa shape index (κ2) is 7.66.